The van der Waals surface area contributed by atoms with Crippen LogP contribution in [-0.2, 0) is 9.59 Å². The van der Waals surface area contributed by atoms with Gasteiger partial charge in [0.25, 0.3) is 5.91 Å². The molecule has 176 valence electrons. The van der Waals surface area contributed by atoms with Crippen molar-refractivity contribution in [3.63, 3.8) is 0 Å². The molecule has 0 bridgehead atoms. The van der Waals surface area contributed by atoms with Gasteiger partial charge in [-0.3, -0.25) is 14.4 Å². The first-order chi connectivity index (χ1) is 15.8. The van der Waals surface area contributed by atoms with Crippen LogP contribution in [0.4, 0.5) is 15.8 Å². The van der Waals surface area contributed by atoms with E-state index in [0.717, 1.165) is 19.6 Å². The first-order valence-corrected chi connectivity index (χ1v) is 11.3. The number of anilines is 2. The van der Waals surface area contributed by atoms with Gasteiger partial charge < -0.3 is 20.4 Å². The SMILES string of the molecule is CCN(CC)CCNC(=O)c1cccc(NC(=O)C2CC(=O)N(c3ccc(C)c(F)c3)C2)c1. The zero-order valence-electron chi connectivity index (χ0n) is 19.4. The van der Waals surface area contributed by atoms with Crippen LogP contribution in [0.25, 0.3) is 0 Å². The Balaban J connectivity index is 1.58. The number of aryl methyl sites for hydroxylation is 1. The summed E-state index contributed by atoms with van der Waals surface area (Å²) in [7, 11) is 0. The van der Waals surface area contributed by atoms with Gasteiger partial charge in [0, 0.05) is 43.0 Å². The number of rotatable bonds is 9. The zero-order valence-corrected chi connectivity index (χ0v) is 19.4. The van der Waals surface area contributed by atoms with Crippen LogP contribution in [0.15, 0.2) is 42.5 Å². The third kappa shape index (κ3) is 6.16. The Hall–Kier alpha value is -3.26. The van der Waals surface area contributed by atoms with Gasteiger partial charge in [-0.15, -0.1) is 0 Å². The van der Waals surface area contributed by atoms with Crippen molar-refractivity contribution in [3.8, 4) is 0 Å². The maximum absolute atomic E-state index is 13.9. The number of halogens is 1. The predicted molar refractivity (Wildman–Crippen MR) is 127 cm³/mol. The minimum atomic E-state index is -0.562. The van der Waals surface area contributed by atoms with E-state index in [0.29, 0.717) is 29.0 Å². The molecule has 0 spiro atoms. The Bertz CT molecular complexity index is 1020. The Morgan fingerprint density at radius 3 is 2.61 bits per heavy atom. The molecule has 7 nitrogen and oxygen atoms in total. The molecule has 2 N–H and O–H groups in total. The van der Waals surface area contributed by atoms with E-state index in [1.807, 2.05) is 0 Å². The van der Waals surface area contributed by atoms with Gasteiger partial charge in [0.1, 0.15) is 5.82 Å². The Kier molecular flexibility index (Phi) is 8.16. The van der Waals surface area contributed by atoms with E-state index in [2.05, 4.69) is 29.4 Å². The number of hydrogen-bond acceptors (Lipinski definition) is 4. The fraction of sp³-hybridized carbons (Fsp3) is 0.400. The molecule has 3 amide bonds. The summed E-state index contributed by atoms with van der Waals surface area (Å²) in [5.74, 6) is -1.69. The smallest absolute Gasteiger partial charge is 0.251 e. The molecule has 1 aliphatic heterocycles. The number of amides is 3. The van der Waals surface area contributed by atoms with Gasteiger partial charge in [-0.1, -0.05) is 26.0 Å². The number of carbonyl (C=O) groups excluding carboxylic acids is 3. The van der Waals surface area contributed by atoms with Crippen LogP contribution < -0.4 is 15.5 Å². The molecule has 0 saturated carbocycles. The molecule has 1 heterocycles. The summed E-state index contributed by atoms with van der Waals surface area (Å²) in [4.78, 5) is 41.3. The van der Waals surface area contributed by atoms with Crippen molar-refractivity contribution >= 4 is 29.1 Å². The van der Waals surface area contributed by atoms with Crippen molar-refractivity contribution < 1.29 is 18.8 Å². The Morgan fingerprint density at radius 1 is 1.15 bits per heavy atom. The van der Waals surface area contributed by atoms with Gasteiger partial charge in [0.05, 0.1) is 5.92 Å². The fourth-order valence-corrected chi connectivity index (χ4v) is 3.83. The molecule has 8 heteroatoms. The van der Waals surface area contributed by atoms with E-state index < -0.39 is 5.92 Å². The quantitative estimate of drug-likeness (QED) is 0.610. The monoisotopic (exact) mass is 454 g/mol. The Labute approximate surface area is 193 Å². The van der Waals surface area contributed by atoms with Crippen molar-refractivity contribution in [2.45, 2.75) is 27.2 Å². The highest BCUT2D eigenvalue weighted by Gasteiger charge is 2.35. The van der Waals surface area contributed by atoms with E-state index in [9.17, 15) is 18.8 Å². The van der Waals surface area contributed by atoms with E-state index >= 15 is 0 Å². The van der Waals surface area contributed by atoms with Gasteiger partial charge in [0.15, 0.2) is 0 Å². The summed E-state index contributed by atoms with van der Waals surface area (Å²) >= 11 is 0. The number of likely N-dealkylation sites (N-methyl/N-ethyl adjacent to an activating group) is 1. The van der Waals surface area contributed by atoms with Gasteiger partial charge >= 0.3 is 0 Å². The summed E-state index contributed by atoms with van der Waals surface area (Å²) in [5, 5.41) is 5.70. The van der Waals surface area contributed by atoms with Crippen LogP contribution >= 0.6 is 0 Å². The average Bonchev–Trinajstić information content (AvgIpc) is 3.20. The largest absolute Gasteiger partial charge is 0.351 e. The van der Waals surface area contributed by atoms with Gasteiger partial charge in [-0.05, 0) is 55.9 Å². The molecular weight excluding hydrogens is 423 g/mol. The molecule has 1 saturated heterocycles. The number of hydrogen-bond donors (Lipinski definition) is 2. The summed E-state index contributed by atoms with van der Waals surface area (Å²) < 4.78 is 13.9. The highest BCUT2D eigenvalue weighted by molar-refractivity contribution is 6.04. The van der Waals surface area contributed by atoms with Crippen molar-refractivity contribution in [3.05, 3.63) is 59.4 Å². The van der Waals surface area contributed by atoms with E-state index in [1.54, 1.807) is 43.3 Å². The summed E-state index contributed by atoms with van der Waals surface area (Å²) in [6, 6.07) is 11.3. The van der Waals surface area contributed by atoms with Crippen molar-refractivity contribution in [1.29, 1.82) is 0 Å². The lowest BCUT2D eigenvalue weighted by Crippen LogP contribution is -2.34. The molecule has 1 fully saturated rings. The van der Waals surface area contributed by atoms with Crippen LogP contribution in [0.1, 0.15) is 36.2 Å². The standard InChI is InChI=1S/C25H31FN4O3/c1-4-29(5-2)12-11-27-24(32)18-7-6-8-20(13-18)28-25(33)19-14-23(31)30(16-19)21-10-9-17(3)22(26)15-21/h6-10,13,15,19H,4-5,11-12,14,16H2,1-3H3,(H,27,32)(H,28,33). The zero-order chi connectivity index (χ0) is 24.0. The van der Waals surface area contributed by atoms with Crippen LogP contribution in [0, 0.1) is 18.7 Å². The van der Waals surface area contributed by atoms with E-state index in [-0.39, 0.29) is 36.5 Å². The molecule has 0 aliphatic carbocycles. The molecule has 3 rings (SSSR count). The lowest BCUT2D eigenvalue weighted by molar-refractivity contribution is -0.122. The van der Waals surface area contributed by atoms with Crippen LogP contribution in [0.3, 0.4) is 0 Å². The molecule has 1 aliphatic rings. The molecule has 2 aromatic rings. The summed E-state index contributed by atoms with van der Waals surface area (Å²) in [5.41, 5.74) is 1.88. The normalized spacial score (nSPS) is 15.7. The van der Waals surface area contributed by atoms with Crippen LogP contribution in [0.2, 0.25) is 0 Å². The number of nitrogens with zero attached hydrogens (tertiary/aromatic N) is 2. The number of nitrogens with one attached hydrogen (secondary N) is 2. The van der Waals surface area contributed by atoms with E-state index in [4.69, 9.17) is 0 Å². The molecule has 33 heavy (non-hydrogen) atoms. The predicted octanol–water partition coefficient (Wildman–Crippen LogP) is 3.20. The molecule has 0 radical (unpaired) electrons. The van der Waals surface area contributed by atoms with Crippen molar-refractivity contribution in [2.75, 3.05) is 42.9 Å². The first-order valence-electron chi connectivity index (χ1n) is 11.3. The van der Waals surface area contributed by atoms with Gasteiger partial charge in [-0.25, -0.2) is 4.39 Å². The highest BCUT2D eigenvalue weighted by Crippen LogP contribution is 2.27. The third-order valence-corrected chi connectivity index (χ3v) is 5.96. The molecule has 2 aromatic carbocycles. The number of benzene rings is 2. The van der Waals surface area contributed by atoms with Crippen molar-refractivity contribution in [1.82, 2.24) is 10.2 Å². The topological polar surface area (TPSA) is 81.8 Å². The minimum Gasteiger partial charge on any atom is -0.351 e. The van der Waals surface area contributed by atoms with Gasteiger partial charge in [-0.2, -0.15) is 0 Å². The first kappa shape index (κ1) is 24.4. The van der Waals surface area contributed by atoms with Crippen LogP contribution in [0.5, 0.6) is 0 Å². The molecule has 1 unspecified atom stereocenters. The average molecular weight is 455 g/mol. The minimum absolute atomic E-state index is 0.0485. The van der Waals surface area contributed by atoms with E-state index in [1.165, 1.54) is 11.0 Å². The molecular formula is C25H31FN4O3. The lowest BCUT2D eigenvalue weighted by Gasteiger charge is -2.18. The van der Waals surface area contributed by atoms with Crippen LogP contribution in [-0.4, -0.2) is 55.3 Å². The Morgan fingerprint density at radius 2 is 1.91 bits per heavy atom. The van der Waals surface area contributed by atoms with Gasteiger partial charge in [0.2, 0.25) is 11.8 Å². The highest BCUT2D eigenvalue weighted by atomic mass is 19.1. The summed E-state index contributed by atoms with van der Waals surface area (Å²) in [6.07, 6.45) is 0.0485. The maximum atomic E-state index is 13.9. The molecule has 1 atom stereocenters. The summed E-state index contributed by atoms with van der Waals surface area (Å²) in [6.45, 7) is 9.14. The second-order valence-corrected chi connectivity index (χ2v) is 8.19. The second kappa shape index (κ2) is 11.0. The fourth-order valence-electron chi connectivity index (χ4n) is 3.83. The maximum Gasteiger partial charge on any atom is 0.251 e. The second-order valence-electron chi connectivity index (χ2n) is 8.19. The molecule has 0 aromatic heterocycles. The van der Waals surface area contributed by atoms with Crippen molar-refractivity contribution in [2.24, 2.45) is 5.92 Å². The third-order valence-electron chi connectivity index (χ3n) is 5.96. The number of carbonyl (C=O) groups is 3. The lowest BCUT2D eigenvalue weighted by atomic mass is 10.1.